The molecule has 0 atom stereocenters. The highest BCUT2D eigenvalue weighted by Gasteiger charge is 2.22. The number of unbranched alkanes of at least 4 members (excludes halogenated alkanes) is 7. The summed E-state index contributed by atoms with van der Waals surface area (Å²) in [5, 5.41) is 9.11. The van der Waals surface area contributed by atoms with Gasteiger partial charge in [-0.2, -0.15) is 5.26 Å². The van der Waals surface area contributed by atoms with Crippen molar-refractivity contribution in [1.82, 2.24) is 4.98 Å². The molecule has 154 valence electrons. The molecule has 0 radical (unpaired) electrons. The summed E-state index contributed by atoms with van der Waals surface area (Å²) in [6, 6.07) is 3.86. The summed E-state index contributed by atoms with van der Waals surface area (Å²) in [5.41, 5.74) is 1.62. The van der Waals surface area contributed by atoms with E-state index < -0.39 is 0 Å². The summed E-state index contributed by atoms with van der Waals surface area (Å²) in [6.07, 6.45) is 16.9. The predicted molar refractivity (Wildman–Crippen MR) is 117 cm³/mol. The molecule has 0 fully saturated rings. The molecule has 1 aromatic heterocycles. The maximum absolute atomic E-state index is 9.11. The average molecular weight is 383 g/mol. The minimum absolute atomic E-state index is 0.367. The second kappa shape index (κ2) is 14.1. The van der Waals surface area contributed by atoms with Crippen LogP contribution in [0.2, 0.25) is 0 Å². The zero-order valence-corrected chi connectivity index (χ0v) is 18.4. The van der Waals surface area contributed by atoms with E-state index in [9.17, 15) is 0 Å². The smallest absolute Gasteiger partial charge is 0.156 e. The fraction of sp³-hybridized carbons (Fsp3) is 0.680. The van der Waals surface area contributed by atoms with Crippen molar-refractivity contribution in [3.05, 3.63) is 23.5 Å². The Balaban J connectivity index is 2.17. The third-order valence-electron chi connectivity index (χ3n) is 6.19. The molecule has 0 amide bonds. The van der Waals surface area contributed by atoms with Crippen LogP contribution in [0.4, 0.5) is 0 Å². The van der Waals surface area contributed by atoms with Crippen LogP contribution >= 0.6 is 0 Å². The first kappa shape index (κ1) is 24.0. The Labute approximate surface area is 172 Å². The Morgan fingerprint density at radius 1 is 0.964 bits per heavy atom. The second-order valence-corrected chi connectivity index (χ2v) is 7.72. The lowest BCUT2D eigenvalue weighted by molar-refractivity contribution is 0.220. The van der Waals surface area contributed by atoms with Gasteiger partial charge in [-0.1, -0.05) is 90.4 Å². The van der Waals surface area contributed by atoms with Gasteiger partial charge in [-0.15, -0.1) is 0 Å². The van der Waals surface area contributed by atoms with Crippen LogP contribution in [0.15, 0.2) is 12.3 Å². The SMILES string of the molecule is CCC(CC)(CC)CCCCCCCCCC#Cc1cc(OC)cnc1C#N. The molecule has 1 aromatic rings. The number of hydrogen-bond acceptors (Lipinski definition) is 3. The van der Waals surface area contributed by atoms with Crippen LogP contribution in [0.25, 0.3) is 0 Å². The predicted octanol–water partition coefficient (Wildman–Crippen LogP) is 7.04. The van der Waals surface area contributed by atoms with Gasteiger partial charge in [0, 0.05) is 12.5 Å². The van der Waals surface area contributed by atoms with Crippen molar-refractivity contribution in [1.29, 1.82) is 5.26 Å². The Bertz CT molecular complexity index is 651. The molecule has 0 aromatic carbocycles. The van der Waals surface area contributed by atoms with Crippen LogP contribution in [0.3, 0.4) is 0 Å². The Kier molecular flexibility index (Phi) is 12.1. The normalized spacial score (nSPS) is 10.8. The van der Waals surface area contributed by atoms with Crippen LogP contribution in [0, 0.1) is 28.6 Å². The molecule has 3 nitrogen and oxygen atoms in total. The molecular formula is C25H38N2O. The maximum Gasteiger partial charge on any atom is 0.156 e. The molecule has 0 aliphatic rings. The third-order valence-corrected chi connectivity index (χ3v) is 6.19. The first-order valence-corrected chi connectivity index (χ1v) is 11.1. The van der Waals surface area contributed by atoms with Gasteiger partial charge in [-0.25, -0.2) is 4.98 Å². The number of rotatable bonds is 13. The van der Waals surface area contributed by atoms with Gasteiger partial charge in [-0.3, -0.25) is 0 Å². The third kappa shape index (κ3) is 8.35. The first-order valence-electron chi connectivity index (χ1n) is 11.1. The van der Waals surface area contributed by atoms with Gasteiger partial charge in [0.15, 0.2) is 5.69 Å². The van der Waals surface area contributed by atoms with E-state index in [1.54, 1.807) is 19.4 Å². The minimum Gasteiger partial charge on any atom is -0.495 e. The summed E-state index contributed by atoms with van der Waals surface area (Å²) in [7, 11) is 1.59. The lowest BCUT2D eigenvalue weighted by Crippen LogP contribution is -2.17. The van der Waals surface area contributed by atoms with Crippen LogP contribution in [-0.2, 0) is 0 Å². The van der Waals surface area contributed by atoms with Crippen LogP contribution < -0.4 is 4.74 Å². The van der Waals surface area contributed by atoms with Gasteiger partial charge in [-0.05, 0) is 18.3 Å². The maximum atomic E-state index is 9.11. The molecule has 0 aliphatic carbocycles. The molecule has 1 rings (SSSR count). The zero-order valence-electron chi connectivity index (χ0n) is 18.4. The first-order chi connectivity index (χ1) is 13.6. The van der Waals surface area contributed by atoms with Crippen molar-refractivity contribution in [3.63, 3.8) is 0 Å². The van der Waals surface area contributed by atoms with Crippen LogP contribution in [0.5, 0.6) is 5.75 Å². The van der Waals surface area contributed by atoms with Crippen molar-refractivity contribution in [2.24, 2.45) is 5.41 Å². The summed E-state index contributed by atoms with van der Waals surface area (Å²) in [4.78, 5) is 4.07. The quantitative estimate of drug-likeness (QED) is 0.271. The van der Waals surface area contributed by atoms with Crippen molar-refractivity contribution < 1.29 is 4.74 Å². The van der Waals surface area contributed by atoms with E-state index in [0.29, 0.717) is 22.4 Å². The molecule has 0 bridgehead atoms. The molecule has 3 heteroatoms. The van der Waals surface area contributed by atoms with Crippen LogP contribution in [-0.4, -0.2) is 12.1 Å². The number of hydrogen-bond donors (Lipinski definition) is 0. The fourth-order valence-corrected chi connectivity index (χ4v) is 3.78. The zero-order chi connectivity index (χ0) is 20.7. The van der Waals surface area contributed by atoms with Gasteiger partial charge in [0.1, 0.15) is 11.8 Å². The van der Waals surface area contributed by atoms with Crippen LogP contribution in [0.1, 0.15) is 109 Å². The van der Waals surface area contributed by atoms with Crippen molar-refractivity contribution in [2.45, 2.75) is 97.8 Å². The fourth-order valence-electron chi connectivity index (χ4n) is 3.78. The number of aromatic nitrogens is 1. The van der Waals surface area contributed by atoms with Gasteiger partial charge < -0.3 is 4.74 Å². The summed E-state index contributed by atoms with van der Waals surface area (Å²) < 4.78 is 5.15. The highest BCUT2D eigenvalue weighted by Crippen LogP contribution is 2.36. The van der Waals surface area contributed by atoms with Gasteiger partial charge in [0.05, 0.1) is 18.9 Å². The summed E-state index contributed by atoms with van der Waals surface area (Å²) in [5.74, 6) is 6.89. The molecule has 0 spiro atoms. The van der Waals surface area contributed by atoms with Crippen molar-refractivity contribution in [2.75, 3.05) is 7.11 Å². The van der Waals surface area contributed by atoms with E-state index in [-0.39, 0.29) is 0 Å². The van der Waals surface area contributed by atoms with E-state index in [1.807, 2.05) is 0 Å². The lowest BCUT2D eigenvalue weighted by Gasteiger charge is -2.30. The second-order valence-electron chi connectivity index (χ2n) is 7.72. The molecule has 0 N–H and O–H groups in total. The van der Waals surface area contributed by atoms with E-state index in [0.717, 1.165) is 12.8 Å². The Morgan fingerprint density at radius 3 is 2.14 bits per heavy atom. The molecule has 0 unspecified atom stereocenters. The highest BCUT2D eigenvalue weighted by atomic mass is 16.5. The molecule has 0 saturated carbocycles. The number of nitrogens with zero attached hydrogens (tertiary/aromatic N) is 2. The standard InChI is InChI=1S/C25H38N2O/c1-5-25(6-2,7-3)18-16-14-12-10-8-9-11-13-15-17-22-19-23(28-4)21-27-24(22)20-26/h19,21H,5-14,16,18H2,1-4H3. The number of ether oxygens (including phenoxy) is 1. The topological polar surface area (TPSA) is 45.9 Å². The van der Waals surface area contributed by atoms with E-state index in [2.05, 4.69) is 43.7 Å². The molecule has 0 saturated heterocycles. The van der Waals surface area contributed by atoms with Crippen molar-refractivity contribution >= 4 is 0 Å². The highest BCUT2D eigenvalue weighted by molar-refractivity contribution is 5.46. The number of nitriles is 1. The Morgan fingerprint density at radius 2 is 1.57 bits per heavy atom. The summed E-state index contributed by atoms with van der Waals surface area (Å²) >= 11 is 0. The number of pyridine rings is 1. The van der Waals surface area contributed by atoms with E-state index in [1.165, 1.54) is 64.2 Å². The average Bonchev–Trinajstić information content (AvgIpc) is 2.75. The minimum atomic E-state index is 0.367. The monoisotopic (exact) mass is 382 g/mol. The molecule has 1 heterocycles. The van der Waals surface area contributed by atoms with Gasteiger partial charge in [0.2, 0.25) is 0 Å². The summed E-state index contributed by atoms with van der Waals surface area (Å²) in [6.45, 7) is 7.05. The largest absolute Gasteiger partial charge is 0.495 e. The van der Waals surface area contributed by atoms with Gasteiger partial charge in [0.25, 0.3) is 0 Å². The Hall–Kier alpha value is -2.00. The van der Waals surface area contributed by atoms with E-state index >= 15 is 0 Å². The number of methoxy groups -OCH3 is 1. The van der Waals surface area contributed by atoms with Crippen molar-refractivity contribution in [3.8, 4) is 23.7 Å². The molecule has 0 aliphatic heterocycles. The molecule has 28 heavy (non-hydrogen) atoms. The van der Waals surface area contributed by atoms with Gasteiger partial charge >= 0.3 is 0 Å². The molecular weight excluding hydrogens is 344 g/mol. The van der Waals surface area contributed by atoms with E-state index in [4.69, 9.17) is 10.00 Å². The lowest BCUT2D eigenvalue weighted by atomic mass is 9.75.